The van der Waals surface area contributed by atoms with Crippen LogP contribution in [0.15, 0.2) is 23.1 Å². The van der Waals surface area contributed by atoms with Gasteiger partial charge in [0.15, 0.2) is 0 Å². The van der Waals surface area contributed by atoms with Crippen LogP contribution in [0.1, 0.15) is 13.3 Å². The van der Waals surface area contributed by atoms with Crippen LogP contribution in [0.5, 0.6) is 0 Å². The number of sulfonamides is 1. The first kappa shape index (κ1) is 9.48. The van der Waals surface area contributed by atoms with E-state index in [4.69, 9.17) is 0 Å². The molecule has 0 unspecified atom stereocenters. The molecule has 0 saturated heterocycles. The van der Waals surface area contributed by atoms with Crippen molar-refractivity contribution in [1.82, 2.24) is 4.72 Å². The second-order valence-corrected chi connectivity index (χ2v) is 4.77. The van der Waals surface area contributed by atoms with Gasteiger partial charge in [-0.05, 0) is 25.5 Å². The predicted octanol–water partition coefficient (Wildman–Crippen LogP) is 1.02. The molecule has 0 heterocycles. The summed E-state index contributed by atoms with van der Waals surface area (Å²) < 4.78 is 24.7. The summed E-state index contributed by atoms with van der Waals surface area (Å²) in [5, 5.41) is 0. The molecular weight excluding hydrogens is 174 g/mol. The highest BCUT2D eigenvalue weighted by Gasteiger charge is 2.14. The second-order valence-electron chi connectivity index (χ2n) is 2.89. The van der Waals surface area contributed by atoms with Crippen molar-refractivity contribution in [2.75, 3.05) is 7.05 Å². The molecular formula is C8H13NO2S. The Kier molecular flexibility index (Phi) is 2.69. The average Bonchev–Trinajstić information content (AvgIpc) is 2.05. The van der Waals surface area contributed by atoms with Gasteiger partial charge in [-0.2, -0.15) is 0 Å². The van der Waals surface area contributed by atoms with Crippen LogP contribution in [-0.2, 0) is 10.0 Å². The van der Waals surface area contributed by atoms with Crippen molar-refractivity contribution >= 4 is 10.0 Å². The summed E-state index contributed by atoms with van der Waals surface area (Å²) in [6.07, 6.45) is 6.10. The molecule has 1 N–H and O–H groups in total. The van der Waals surface area contributed by atoms with E-state index in [1.165, 1.54) is 7.05 Å². The summed E-state index contributed by atoms with van der Waals surface area (Å²) in [4.78, 5) is 0.378. The number of nitrogens with one attached hydrogen (secondary N) is 1. The van der Waals surface area contributed by atoms with Gasteiger partial charge in [-0.1, -0.05) is 19.1 Å². The maximum absolute atomic E-state index is 11.2. The molecule has 1 atom stereocenters. The molecule has 4 heteroatoms. The fraction of sp³-hybridized carbons (Fsp3) is 0.500. The minimum absolute atomic E-state index is 0.378. The molecule has 0 aromatic heterocycles. The predicted molar refractivity (Wildman–Crippen MR) is 49.0 cm³/mol. The van der Waals surface area contributed by atoms with Crippen LogP contribution in [0, 0.1) is 5.92 Å². The third-order valence-corrected chi connectivity index (χ3v) is 3.32. The van der Waals surface area contributed by atoms with E-state index in [1.807, 2.05) is 6.08 Å². The van der Waals surface area contributed by atoms with Crippen molar-refractivity contribution in [3.63, 3.8) is 0 Å². The first-order valence-corrected chi connectivity index (χ1v) is 5.36. The summed E-state index contributed by atoms with van der Waals surface area (Å²) in [6, 6.07) is 0. The van der Waals surface area contributed by atoms with E-state index in [0.717, 1.165) is 6.42 Å². The fourth-order valence-electron chi connectivity index (χ4n) is 1.02. The molecule has 68 valence electrons. The van der Waals surface area contributed by atoms with Crippen LogP contribution < -0.4 is 4.72 Å². The van der Waals surface area contributed by atoms with Gasteiger partial charge < -0.3 is 0 Å². The minimum Gasteiger partial charge on any atom is -0.214 e. The Morgan fingerprint density at radius 1 is 1.58 bits per heavy atom. The zero-order chi connectivity index (χ0) is 9.19. The maximum Gasteiger partial charge on any atom is 0.239 e. The van der Waals surface area contributed by atoms with Crippen LogP contribution >= 0.6 is 0 Å². The Hall–Kier alpha value is -0.610. The molecule has 0 bridgehead atoms. The van der Waals surface area contributed by atoms with Gasteiger partial charge in [0.1, 0.15) is 0 Å². The van der Waals surface area contributed by atoms with Gasteiger partial charge >= 0.3 is 0 Å². The van der Waals surface area contributed by atoms with E-state index in [0.29, 0.717) is 10.8 Å². The third kappa shape index (κ3) is 1.95. The number of hydrogen-bond donors (Lipinski definition) is 1. The summed E-state index contributed by atoms with van der Waals surface area (Å²) in [5.41, 5.74) is 0. The smallest absolute Gasteiger partial charge is 0.214 e. The van der Waals surface area contributed by atoms with Gasteiger partial charge in [-0.15, -0.1) is 0 Å². The second kappa shape index (κ2) is 3.41. The number of hydrogen-bond acceptors (Lipinski definition) is 2. The van der Waals surface area contributed by atoms with E-state index in [1.54, 1.807) is 12.2 Å². The van der Waals surface area contributed by atoms with Gasteiger partial charge in [0.05, 0.1) is 4.91 Å². The Morgan fingerprint density at radius 2 is 2.25 bits per heavy atom. The topological polar surface area (TPSA) is 46.2 Å². The van der Waals surface area contributed by atoms with Gasteiger partial charge in [-0.25, -0.2) is 13.1 Å². The van der Waals surface area contributed by atoms with Gasteiger partial charge in [0, 0.05) is 0 Å². The Bertz CT molecular complexity index is 314. The first-order valence-electron chi connectivity index (χ1n) is 3.88. The SMILES string of the molecule is CNS(=O)(=O)C1=CC[C@H](C)C=C1. The van der Waals surface area contributed by atoms with Crippen LogP contribution in [-0.4, -0.2) is 15.5 Å². The van der Waals surface area contributed by atoms with E-state index in [-0.39, 0.29) is 0 Å². The Labute approximate surface area is 73.2 Å². The lowest BCUT2D eigenvalue weighted by Crippen LogP contribution is -2.20. The average molecular weight is 187 g/mol. The fourth-order valence-corrected chi connectivity index (χ4v) is 1.83. The lowest BCUT2D eigenvalue weighted by atomic mass is 10.0. The van der Waals surface area contributed by atoms with Gasteiger partial charge in [0.2, 0.25) is 10.0 Å². The first-order chi connectivity index (χ1) is 5.56. The molecule has 0 fully saturated rings. The van der Waals surface area contributed by atoms with Crippen LogP contribution in [0.4, 0.5) is 0 Å². The highest BCUT2D eigenvalue weighted by atomic mass is 32.2. The zero-order valence-corrected chi connectivity index (χ0v) is 8.06. The maximum atomic E-state index is 11.2. The molecule has 0 aromatic rings. The molecule has 0 spiro atoms. The monoisotopic (exact) mass is 187 g/mol. The summed E-state index contributed by atoms with van der Waals surface area (Å²) in [7, 11) is -1.80. The molecule has 0 radical (unpaired) electrons. The largest absolute Gasteiger partial charge is 0.239 e. The van der Waals surface area contributed by atoms with E-state index < -0.39 is 10.0 Å². The molecule has 12 heavy (non-hydrogen) atoms. The molecule has 0 aliphatic heterocycles. The third-order valence-electron chi connectivity index (χ3n) is 1.86. The standard InChI is InChI=1S/C8H13NO2S/c1-7-3-5-8(6-4-7)12(10,11)9-2/h3,5-7,9H,4H2,1-2H3/t7-/m1/s1. The summed E-state index contributed by atoms with van der Waals surface area (Å²) in [5.74, 6) is 0.445. The molecule has 1 aliphatic carbocycles. The highest BCUT2D eigenvalue weighted by Crippen LogP contribution is 2.18. The van der Waals surface area contributed by atoms with Crippen molar-refractivity contribution in [3.8, 4) is 0 Å². The van der Waals surface area contributed by atoms with E-state index in [2.05, 4.69) is 11.6 Å². The zero-order valence-electron chi connectivity index (χ0n) is 7.24. The van der Waals surface area contributed by atoms with Crippen molar-refractivity contribution in [1.29, 1.82) is 0 Å². The molecule has 0 aromatic carbocycles. The summed E-state index contributed by atoms with van der Waals surface area (Å²) >= 11 is 0. The minimum atomic E-state index is -3.22. The van der Waals surface area contributed by atoms with Crippen LogP contribution in [0.2, 0.25) is 0 Å². The molecule has 3 nitrogen and oxygen atoms in total. The Balaban J connectivity index is 2.88. The molecule has 1 rings (SSSR count). The van der Waals surface area contributed by atoms with Crippen LogP contribution in [0.3, 0.4) is 0 Å². The van der Waals surface area contributed by atoms with E-state index in [9.17, 15) is 8.42 Å². The molecule has 0 amide bonds. The number of allylic oxidation sites excluding steroid dienone is 3. The van der Waals surface area contributed by atoms with E-state index >= 15 is 0 Å². The normalized spacial score (nSPS) is 23.8. The van der Waals surface area contributed by atoms with Gasteiger partial charge in [0.25, 0.3) is 0 Å². The lowest BCUT2D eigenvalue weighted by molar-refractivity contribution is 0.594. The van der Waals surface area contributed by atoms with Crippen molar-refractivity contribution in [2.45, 2.75) is 13.3 Å². The quantitative estimate of drug-likeness (QED) is 0.701. The van der Waals surface area contributed by atoms with Crippen molar-refractivity contribution < 1.29 is 8.42 Å². The number of rotatable bonds is 2. The molecule has 1 aliphatic rings. The highest BCUT2D eigenvalue weighted by molar-refractivity contribution is 7.93. The summed E-state index contributed by atoms with van der Waals surface area (Å²) in [6.45, 7) is 2.05. The lowest BCUT2D eigenvalue weighted by Gasteiger charge is -2.11. The van der Waals surface area contributed by atoms with Gasteiger partial charge in [-0.3, -0.25) is 0 Å². The van der Waals surface area contributed by atoms with Crippen molar-refractivity contribution in [2.24, 2.45) is 5.92 Å². The van der Waals surface area contributed by atoms with Crippen LogP contribution in [0.25, 0.3) is 0 Å². The Morgan fingerprint density at radius 3 is 2.67 bits per heavy atom. The molecule has 0 saturated carbocycles. The van der Waals surface area contributed by atoms with Crippen molar-refractivity contribution in [3.05, 3.63) is 23.1 Å².